The number of amides is 1. The average Bonchev–Trinajstić information content (AvgIpc) is 2.40. The Labute approximate surface area is 121 Å². The number of nitrogens with two attached hydrogens (primary N) is 1. The van der Waals surface area contributed by atoms with Crippen molar-refractivity contribution in [2.75, 3.05) is 5.32 Å². The van der Waals surface area contributed by atoms with Crippen molar-refractivity contribution in [2.45, 2.75) is 6.54 Å². The lowest BCUT2D eigenvalue weighted by Gasteiger charge is -2.11. The summed E-state index contributed by atoms with van der Waals surface area (Å²) in [6.07, 6.45) is 0. The molecule has 0 heterocycles. The molecule has 5 heteroatoms. The molecule has 0 unspecified atom stereocenters. The molecule has 0 saturated carbocycles. The van der Waals surface area contributed by atoms with Crippen LogP contribution >= 0.6 is 23.2 Å². The fourth-order valence-electron chi connectivity index (χ4n) is 1.74. The summed E-state index contributed by atoms with van der Waals surface area (Å²) in [5, 5.41) is 4.30. The van der Waals surface area contributed by atoms with Crippen molar-refractivity contribution in [3.8, 4) is 0 Å². The molecule has 3 nitrogen and oxygen atoms in total. The highest BCUT2D eigenvalue weighted by Gasteiger charge is 2.07. The third-order valence-corrected chi connectivity index (χ3v) is 3.25. The van der Waals surface area contributed by atoms with E-state index < -0.39 is 5.91 Å². The van der Waals surface area contributed by atoms with Crippen molar-refractivity contribution in [3.63, 3.8) is 0 Å². The molecule has 0 radical (unpaired) electrons. The third-order valence-electron chi connectivity index (χ3n) is 2.68. The molecule has 2 aromatic carbocycles. The van der Waals surface area contributed by atoms with Gasteiger partial charge in [-0.25, -0.2) is 0 Å². The van der Waals surface area contributed by atoms with Gasteiger partial charge in [0.15, 0.2) is 0 Å². The Bertz CT molecular complexity index is 614. The lowest BCUT2D eigenvalue weighted by molar-refractivity contribution is 0.0999. The fraction of sp³-hybridized carbons (Fsp3) is 0.0714. The van der Waals surface area contributed by atoms with Crippen molar-refractivity contribution < 1.29 is 4.79 Å². The number of nitrogens with one attached hydrogen (secondary N) is 1. The monoisotopic (exact) mass is 294 g/mol. The summed E-state index contributed by atoms with van der Waals surface area (Å²) in [5.74, 6) is -0.449. The fourth-order valence-corrected chi connectivity index (χ4v) is 2.09. The number of carbonyl (C=O) groups excluding carboxylic acids is 1. The molecule has 0 saturated heterocycles. The van der Waals surface area contributed by atoms with E-state index in [0.717, 1.165) is 5.56 Å². The van der Waals surface area contributed by atoms with Crippen LogP contribution in [0.3, 0.4) is 0 Å². The number of hydrogen-bond donors (Lipinski definition) is 2. The van der Waals surface area contributed by atoms with Crippen molar-refractivity contribution in [3.05, 3.63) is 63.6 Å². The van der Waals surface area contributed by atoms with Gasteiger partial charge in [-0.3, -0.25) is 4.79 Å². The van der Waals surface area contributed by atoms with Crippen molar-refractivity contribution in [1.29, 1.82) is 0 Å². The lowest BCUT2D eigenvalue weighted by Crippen LogP contribution is -2.15. The van der Waals surface area contributed by atoms with Gasteiger partial charge in [0.25, 0.3) is 0 Å². The first-order valence-electron chi connectivity index (χ1n) is 5.64. The highest BCUT2D eigenvalue weighted by Crippen LogP contribution is 2.26. The maximum absolute atomic E-state index is 11.3. The Hall–Kier alpha value is -1.71. The zero-order valence-corrected chi connectivity index (χ0v) is 11.5. The van der Waals surface area contributed by atoms with E-state index in [4.69, 9.17) is 28.9 Å². The van der Waals surface area contributed by atoms with Gasteiger partial charge in [0.05, 0.1) is 10.7 Å². The van der Waals surface area contributed by atoms with Crippen molar-refractivity contribution >= 4 is 34.8 Å². The first kappa shape index (κ1) is 13.7. The smallest absolute Gasteiger partial charge is 0.249 e. The lowest BCUT2D eigenvalue weighted by atomic mass is 10.1. The molecular formula is C14H12Cl2N2O. The van der Waals surface area contributed by atoms with Crippen LogP contribution in [0.2, 0.25) is 10.0 Å². The van der Waals surface area contributed by atoms with Gasteiger partial charge in [-0.2, -0.15) is 0 Å². The molecule has 0 bridgehead atoms. The molecule has 0 aliphatic carbocycles. The number of halogens is 2. The molecule has 0 aliphatic rings. The summed E-state index contributed by atoms with van der Waals surface area (Å²) in [6, 6.07) is 12.3. The van der Waals surface area contributed by atoms with Crippen LogP contribution in [0.1, 0.15) is 15.9 Å². The van der Waals surface area contributed by atoms with Crippen LogP contribution < -0.4 is 11.1 Å². The molecule has 2 aromatic rings. The first-order valence-corrected chi connectivity index (χ1v) is 6.40. The first-order chi connectivity index (χ1) is 9.08. The van der Waals surface area contributed by atoms with E-state index in [1.54, 1.807) is 30.3 Å². The minimum atomic E-state index is -0.449. The number of rotatable bonds is 4. The van der Waals surface area contributed by atoms with Gasteiger partial charge >= 0.3 is 0 Å². The predicted molar refractivity (Wildman–Crippen MR) is 78.7 cm³/mol. The standard InChI is InChI=1S/C14H12Cl2N2O/c15-10-5-6-12(16)13(7-10)18-8-9-3-1-2-4-11(9)14(17)19/h1-7,18H,8H2,(H2,17,19). The second-order valence-corrected chi connectivity index (χ2v) is 4.84. The number of hydrogen-bond acceptors (Lipinski definition) is 2. The van der Waals surface area contributed by atoms with E-state index in [1.807, 2.05) is 12.1 Å². The quantitative estimate of drug-likeness (QED) is 0.903. The molecule has 1 amide bonds. The largest absolute Gasteiger partial charge is 0.380 e. The molecule has 3 N–H and O–H groups in total. The molecule has 0 spiro atoms. The van der Waals surface area contributed by atoms with E-state index >= 15 is 0 Å². The second kappa shape index (κ2) is 5.95. The molecule has 0 aromatic heterocycles. The van der Waals surface area contributed by atoms with E-state index in [-0.39, 0.29) is 0 Å². The van der Waals surface area contributed by atoms with Crippen LogP contribution in [-0.2, 0) is 6.54 Å². The van der Waals surface area contributed by atoms with Crippen LogP contribution in [-0.4, -0.2) is 5.91 Å². The second-order valence-electron chi connectivity index (χ2n) is 4.00. The zero-order chi connectivity index (χ0) is 13.8. The summed E-state index contributed by atoms with van der Waals surface area (Å²) >= 11 is 12.0. The van der Waals surface area contributed by atoms with Gasteiger partial charge in [0, 0.05) is 17.1 Å². The Morgan fingerprint density at radius 2 is 1.89 bits per heavy atom. The summed E-state index contributed by atoms with van der Waals surface area (Å²) in [4.78, 5) is 11.3. The molecule has 19 heavy (non-hydrogen) atoms. The summed E-state index contributed by atoms with van der Waals surface area (Å²) < 4.78 is 0. The molecule has 0 atom stereocenters. The molecule has 0 aliphatic heterocycles. The summed E-state index contributed by atoms with van der Waals surface area (Å²) in [6.45, 7) is 0.444. The van der Waals surface area contributed by atoms with E-state index in [1.165, 1.54) is 0 Å². The number of carbonyl (C=O) groups is 1. The van der Waals surface area contributed by atoms with Crippen LogP contribution in [0.5, 0.6) is 0 Å². The third kappa shape index (κ3) is 3.40. The Balaban J connectivity index is 2.19. The Kier molecular flexibility index (Phi) is 4.30. The Morgan fingerprint density at radius 1 is 1.16 bits per heavy atom. The maximum atomic E-state index is 11.3. The minimum absolute atomic E-state index is 0.444. The van der Waals surface area contributed by atoms with Gasteiger partial charge in [-0.15, -0.1) is 0 Å². The number of anilines is 1. The average molecular weight is 295 g/mol. The van der Waals surface area contributed by atoms with Gasteiger partial charge < -0.3 is 11.1 Å². The normalized spacial score (nSPS) is 10.2. The van der Waals surface area contributed by atoms with Crippen LogP contribution in [0.15, 0.2) is 42.5 Å². The van der Waals surface area contributed by atoms with Crippen LogP contribution in [0.4, 0.5) is 5.69 Å². The SMILES string of the molecule is NC(=O)c1ccccc1CNc1cc(Cl)ccc1Cl. The molecular weight excluding hydrogens is 283 g/mol. The van der Waals surface area contributed by atoms with Crippen molar-refractivity contribution in [2.24, 2.45) is 5.73 Å². The predicted octanol–water partition coefficient (Wildman–Crippen LogP) is 3.70. The van der Waals surface area contributed by atoms with Crippen molar-refractivity contribution in [1.82, 2.24) is 0 Å². The summed E-state index contributed by atoms with van der Waals surface area (Å²) in [7, 11) is 0. The Morgan fingerprint density at radius 3 is 2.63 bits per heavy atom. The van der Waals surface area contributed by atoms with Gasteiger partial charge in [-0.1, -0.05) is 41.4 Å². The van der Waals surface area contributed by atoms with Gasteiger partial charge in [-0.05, 0) is 29.8 Å². The van der Waals surface area contributed by atoms with E-state index in [2.05, 4.69) is 5.32 Å². The topological polar surface area (TPSA) is 55.1 Å². The molecule has 0 fully saturated rings. The molecule has 2 rings (SSSR count). The maximum Gasteiger partial charge on any atom is 0.249 e. The van der Waals surface area contributed by atoms with Gasteiger partial charge in [0.2, 0.25) is 5.91 Å². The van der Waals surface area contributed by atoms with Crippen LogP contribution in [0.25, 0.3) is 0 Å². The summed E-state index contributed by atoms with van der Waals surface area (Å²) in [5.41, 5.74) is 7.34. The number of primary amides is 1. The highest BCUT2D eigenvalue weighted by molar-refractivity contribution is 6.35. The number of benzene rings is 2. The zero-order valence-electron chi connectivity index (χ0n) is 9.99. The van der Waals surface area contributed by atoms with E-state index in [9.17, 15) is 4.79 Å². The highest BCUT2D eigenvalue weighted by atomic mass is 35.5. The minimum Gasteiger partial charge on any atom is -0.380 e. The van der Waals surface area contributed by atoms with Crippen LogP contribution in [0, 0.1) is 0 Å². The van der Waals surface area contributed by atoms with E-state index in [0.29, 0.717) is 27.8 Å². The van der Waals surface area contributed by atoms with Gasteiger partial charge in [0.1, 0.15) is 0 Å². The molecule has 98 valence electrons.